The highest BCUT2D eigenvalue weighted by molar-refractivity contribution is 7.89. The lowest BCUT2D eigenvalue weighted by atomic mass is 10.1. The fourth-order valence-corrected chi connectivity index (χ4v) is 6.07. The Morgan fingerprint density at radius 2 is 1.82 bits per heavy atom. The largest absolute Gasteiger partial charge is 0.452 e. The second-order valence-corrected chi connectivity index (χ2v) is 10.8. The highest BCUT2D eigenvalue weighted by Gasteiger charge is 2.27. The van der Waals surface area contributed by atoms with Crippen LogP contribution in [-0.4, -0.2) is 69.3 Å². The SMILES string of the molecule is CCN(CC)S(=O)(=O)c1ccc(N2CCCC2)c(C(=O)OCC(=O)N(C)Cc2cccs2)c1. The van der Waals surface area contributed by atoms with Crippen LogP contribution < -0.4 is 4.90 Å². The number of carbonyl (C=O) groups is 2. The van der Waals surface area contributed by atoms with Crippen LogP contribution in [0.3, 0.4) is 0 Å². The van der Waals surface area contributed by atoms with Gasteiger partial charge in [0.2, 0.25) is 10.0 Å². The van der Waals surface area contributed by atoms with Crippen molar-refractivity contribution in [1.29, 1.82) is 0 Å². The molecule has 1 aliphatic heterocycles. The molecule has 0 radical (unpaired) electrons. The fourth-order valence-electron chi connectivity index (χ4n) is 3.83. The zero-order chi connectivity index (χ0) is 24.0. The van der Waals surface area contributed by atoms with Gasteiger partial charge in [0, 0.05) is 38.1 Å². The number of hydrogen-bond donors (Lipinski definition) is 0. The molecule has 0 saturated carbocycles. The molecule has 0 aliphatic carbocycles. The molecular formula is C23H31N3O5S2. The number of benzene rings is 1. The van der Waals surface area contributed by atoms with Gasteiger partial charge in [-0.3, -0.25) is 4.79 Å². The fraction of sp³-hybridized carbons (Fsp3) is 0.478. The summed E-state index contributed by atoms with van der Waals surface area (Å²) in [5.74, 6) is -1.03. The molecule has 33 heavy (non-hydrogen) atoms. The van der Waals surface area contributed by atoms with E-state index in [-0.39, 0.29) is 16.4 Å². The van der Waals surface area contributed by atoms with E-state index >= 15 is 0 Å². The predicted octanol–water partition coefficient (Wildman–Crippen LogP) is 3.19. The minimum Gasteiger partial charge on any atom is -0.452 e. The molecule has 8 nitrogen and oxygen atoms in total. The van der Waals surface area contributed by atoms with Crippen LogP contribution in [0.2, 0.25) is 0 Å². The second-order valence-electron chi connectivity index (χ2n) is 7.87. The molecule has 2 aromatic rings. The maximum absolute atomic E-state index is 13.0. The van der Waals surface area contributed by atoms with Gasteiger partial charge in [-0.2, -0.15) is 4.31 Å². The molecule has 3 rings (SSSR count). The van der Waals surface area contributed by atoms with Gasteiger partial charge in [-0.25, -0.2) is 13.2 Å². The molecule has 2 heterocycles. The summed E-state index contributed by atoms with van der Waals surface area (Å²) in [5, 5.41) is 1.94. The van der Waals surface area contributed by atoms with Crippen molar-refractivity contribution in [2.75, 3.05) is 44.7 Å². The van der Waals surface area contributed by atoms with Crippen molar-refractivity contribution in [3.05, 3.63) is 46.2 Å². The molecule has 1 aliphatic rings. The van der Waals surface area contributed by atoms with E-state index in [0.717, 1.165) is 30.8 Å². The van der Waals surface area contributed by atoms with Gasteiger partial charge in [0.05, 0.1) is 22.7 Å². The first-order valence-electron chi connectivity index (χ1n) is 11.1. The van der Waals surface area contributed by atoms with Crippen LogP contribution in [0, 0.1) is 0 Å². The van der Waals surface area contributed by atoms with Crippen molar-refractivity contribution in [3.8, 4) is 0 Å². The van der Waals surface area contributed by atoms with Gasteiger partial charge in [-0.1, -0.05) is 19.9 Å². The molecule has 10 heteroatoms. The quantitative estimate of drug-likeness (QED) is 0.473. The Kier molecular flexibility index (Phi) is 8.50. The summed E-state index contributed by atoms with van der Waals surface area (Å²) in [6, 6.07) is 8.44. The maximum Gasteiger partial charge on any atom is 0.340 e. The van der Waals surface area contributed by atoms with Gasteiger partial charge in [-0.05, 0) is 42.5 Å². The highest BCUT2D eigenvalue weighted by atomic mass is 32.2. The number of esters is 1. The number of carbonyl (C=O) groups excluding carboxylic acids is 2. The van der Waals surface area contributed by atoms with Crippen molar-refractivity contribution in [1.82, 2.24) is 9.21 Å². The average Bonchev–Trinajstić information content (AvgIpc) is 3.52. The third-order valence-electron chi connectivity index (χ3n) is 5.70. The number of sulfonamides is 1. The molecule has 1 fully saturated rings. The van der Waals surface area contributed by atoms with Gasteiger partial charge in [0.25, 0.3) is 5.91 Å². The van der Waals surface area contributed by atoms with E-state index in [0.29, 0.717) is 25.3 Å². The molecule has 0 atom stereocenters. The number of nitrogens with zero attached hydrogens (tertiary/aromatic N) is 3. The summed E-state index contributed by atoms with van der Waals surface area (Å²) in [4.78, 5) is 30.1. The number of rotatable bonds is 10. The molecule has 1 amide bonds. The van der Waals surface area contributed by atoms with Gasteiger partial charge in [0.15, 0.2) is 6.61 Å². The first kappa shape index (κ1) is 25.2. The van der Waals surface area contributed by atoms with Crippen LogP contribution in [0.15, 0.2) is 40.6 Å². The van der Waals surface area contributed by atoms with E-state index in [9.17, 15) is 18.0 Å². The first-order valence-corrected chi connectivity index (χ1v) is 13.4. The average molecular weight is 494 g/mol. The minimum absolute atomic E-state index is 0.0437. The van der Waals surface area contributed by atoms with Gasteiger partial charge >= 0.3 is 5.97 Å². The summed E-state index contributed by atoms with van der Waals surface area (Å²) < 4.78 is 32.7. The van der Waals surface area contributed by atoms with Crippen LogP contribution in [0.25, 0.3) is 0 Å². The Balaban J connectivity index is 1.80. The Labute approximate surface area is 199 Å². The number of amides is 1. The number of hydrogen-bond acceptors (Lipinski definition) is 7. The van der Waals surface area contributed by atoms with Crippen molar-refractivity contribution in [2.24, 2.45) is 0 Å². The van der Waals surface area contributed by atoms with Crippen molar-refractivity contribution < 1.29 is 22.7 Å². The first-order chi connectivity index (χ1) is 15.8. The normalized spacial score (nSPS) is 14.0. The predicted molar refractivity (Wildman–Crippen MR) is 129 cm³/mol. The molecule has 1 aromatic heterocycles. The molecule has 0 unspecified atom stereocenters. The van der Waals surface area contributed by atoms with Crippen LogP contribution in [0.1, 0.15) is 41.9 Å². The molecule has 0 N–H and O–H groups in total. The van der Waals surface area contributed by atoms with Crippen LogP contribution >= 0.6 is 11.3 Å². The lowest BCUT2D eigenvalue weighted by molar-refractivity contribution is -0.133. The van der Waals surface area contributed by atoms with Crippen LogP contribution in [0.4, 0.5) is 5.69 Å². The van der Waals surface area contributed by atoms with Crippen molar-refractivity contribution in [3.63, 3.8) is 0 Å². The summed E-state index contributed by atoms with van der Waals surface area (Å²) in [6.07, 6.45) is 2.00. The summed E-state index contributed by atoms with van der Waals surface area (Å²) in [7, 11) is -2.08. The van der Waals surface area contributed by atoms with Crippen LogP contribution in [-0.2, 0) is 26.1 Å². The molecule has 0 spiro atoms. The molecular weight excluding hydrogens is 462 g/mol. The van der Waals surface area contributed by atoms with E-state index in [1.165, 1.54) is 21.3 Å². The van der Waals surface area contributed by atoms with Crippen molar-refractivity contribution >= 4 is 38.9 Å². The summed E-state index contributed by atoms with van der Waals surface area (Å²) >= 11 is 1.55. The standard InChI is InChI=1S/C23H31N3O5S2/c1-4-26(5-2)33(29,30)19-10-11-21(25-12-6-7-13-25)20(15-19)23(28)31-17-22(27)24(3)16-18-9-8-14-32-18/h8-11,14-15H,4-7,12-13,16-17H2,1-3H3. The lowest BCUT2D eigenvalue weighted by Gasteiger charge is -2.23. The van der Waals surface area contributed by atoms with E-state index < -0.39 is 22.6 Å². The smallest absolute Gasteiger partial charge is 0.340 e. The number of likely N-dealkylation sites (N-methyl/N-ethyl adjacent to an activating group) is 1. The zero-order valence-corrected chi connectivity index (χ0v) is 21.0. The zero-order valence-electron chi connectivity index (χ0n) is 19.3. The second kappa shape index (κ2) is 11.1. The van der Waals surface area contributed by atoms with E-state index in [2.05, 4.69) is 4.90 Å². The molecule has 0 bridgehead atoms. The van der Waals surface area contributed by atoms with Gasteiger partial charge < -0.3 is 14.5 Å². The van der Waals surface area contributed by atoms with E-state index in [1.54, 1.807) is 38.3 Å². The Morgan fingerprint density at radius 3 is 2.42 bits per heavy atom. The Morgan fingerprint density at radius 1 is 1.12 bits per heavy atom. The number of anilines is 1. The maximum atomic E-state index is 13.0. The lowest BCUT2D eigenvalue weighted by Crippen LogP contribution is -2.32. The Hall–Kier alpha value is -2.43. The monoisotopic (exact) mass is 493 g/mol. The summed E-state index contributed by atoms with van der Waals surface area (Å²) in [5.41, 5.74) is 0.800. The van der Waals surface area contributed by atoms with Crippen molar-refractivity contribution in [2.45, 2.75) is 38.1 Å². The van der Waals surface area contributed by atoms with Gasteiger partial charge in [0.1, 0.15) is 0 Å². The molecule has 1 aromatic carbocycles. The molecule has 180 valence electrons. The van der Waals surface area contributed by atoms with E-state index in [1.807, 2.05) is 17.5 Å². The third kappa shape index (κ3) is 5.93. The van der Waals surface area contributed by atoms with E-state index in [4.69, 9.17) is 4.74 Å². The highest BCUT2D eigenvalue weighted by Crippen LogP contribution is 2.29. The van der Waals surface area contributed by atoms with Crippen LogP contribution in [0.5, 0.6) is 0 Å². The number of thiophene rings is 1. The topological polar surface area (TPSA) is 87.2 Å². The molecule has 1 saturated heterocycles. The minimum atomic E-state index is -3.74. The third-order valence-corrected chi connectivity index (χ3v) is 8.61. The number of ether oxygens (including phenoxy) is 1. The Bertz CT molecular complexity index is 1060. The summed E-state index contributed by atoms with van der Waals surface area (Å²) in [6.45, 7) is 5.79. The van der Waals surface area contributed by atoms with Gasteiger partial charge in [-0.15, -0.1) is 11.3 Å².